The number of nitrogens with two attached hydrogens (primary N) is 1. The van der Waals surface area contributed by atoms with Gasteiger partial charge in [0.1, 0.15) is 17.7 Å². The van der Waals surface area contributed by atoms with E-state index in [2.05, 4.69) is 15.0 Å². The van der Waals surface area contributed by atoms with Crippen LogP contribution in [0.3, 0.4) is 0 Å². The van der Waals surface area contributed by atoms with Crippen LogP contribution in [0.2, 0.25) is 0 Å². The molecule has 6 heteroatoms. The second-order valence-electron chi connectivity index (χ2n) is 3.94. The van der Waals surface area contributed by atoms with Crippen molar-refractivity contribution >= 4 is 11.6 Å². The van der Waals surface area contributed by atoms with Gasteiger partial charge in [-0.25, -0.2) is 0 Å². The smallest absolute Gasteiger partial charge is 0.223 e. The fourth-order valence-electron chi connectivity index (χ4n) is 1.47. The summed E-state index contributed by atoms with van der Waals surface area (Å²) in [5.41, 5.74) is 6.93. The van der Waals surface area contributed by atoms with Crippen LogP contribution < -0.4 is 15.8 Å². The molecule has 0 aliphatic carbocycles. The summed E-state index contributed by atoms with van der Waals surface area (Å²) in [5, 5.41) is 6.41. The average molecular weight is 261 g/mol. The van der Waals surface area contributed by atoms with E-state index in [1.54, 1.807) is 30.3 Å². The molecule has 19 heavy (non-hydrogen) atoms. The average Bonchev–Trinajstić information content (AvgIpc) is 2.89. The molecule has 0 aliphatic rings. The number of carbonyl (C=O) groups excluding carboxylic acids is 1. The van der Waals surface area contributed by atoms with Crippen LogP contribution >= 0.6 is 0 Å². The van der Waals surface area contributed by atoms with E-state index in [0.29, 0.717) is 30.3 Å². The van der Waals surface area contributed by atoms with Gasteiger partial charge in [-0.2, -0.15) is 0 Å². The van der Waals surface area contributed by atoms with Crippen LogP contribution in [-0.4, -0.2) is 17.7 Å². The minimum atomic E-state index is -0.105. The Balaban J connectivity index is 1.66. The molecule has 0 atom stereocenters. The third-order valence-electron chi connectivity index (χ3n) is 2.41. The zero-order valence-electron chi connectivity index (χ0n) is 10.3. The first-order valence-electron chi connectivity index (χ1n) is 5.88. The molecule has 1 heterocycles. The molecule has 0 fully saturated rings. The summed E-state index contributed by atoms with van der Waals surface area (Å²) in [6.45, 7) is 0.654. The van der Waals surface area contributed by atoms with E-state index in [-0.39, 0.29) is 12.3 Å². The predicted molar refractivity (Wildman–Crippen MR) is 69.3 cm³/mol. The van der Waals surface area contributed by atoms with E-state index in [0.717, 1.165) is 0 Å². The van der Waals surface area contributed by atoms with Gasteiger partial charge in [0.05, 0.1) is 19.6 Å². The molecule has 2 rings (SSSR count). The number of benzene rings is 1. The quantitative estimate of drug-likeness (QED) is 0.766. The lowest BCUT2D eigenvalue weighted by molar-refractivity contribution is -0.121. The molecule has 100 valence electrons. The first kappa shape index (κ1) is 12.9. The zero-order valence-corrected chi connectivity index (χ0v) is 10.3. The van der Waals surface area contributed by atoms with Gasteiger partial charge in [-0.05, 0) is 12.1 Å². The summed E-state index contributed by atoms with van der Waals surface area (Å²) >= 11 is 0. The minimum Gasteiger partial charge on any atom is -0.493 e. The van der Waals surface area contributed by atoms with E-state index < -0.39 is 0 Å². The second kappa shape index (κ2) is 6.44. The van der Waals surface area contributed by atoms with Crippen molar-refractivity contribution in [1.29, 1.82) is 0 Å². The number of aromatic nitrogens is 1. The number of rotatable bonds is 6. The maximum Gasteiger partial charge on any atom is 0.223 e. The van der Waals surface area contributed by atoms with Crippen LogP contribution in [0.25, 0.3) is 0 Å². The fraction of sp³-hybridized carbons (Fsp3) is 0.231. The van der Waals surface area contributed by atoms with Gasteiger partial charge in [0.25, 0.3) is 0 Å². The van der Waals surface area contributed by atoms with Crippen LogP contribution in [0.1, 0.15) is 12.1 Å². The van der Waals surface area contributed by atoms with E-state index in [1.165, 1.54) is 6.26 Å². The van der Waals surface area contributed by atoms with Crippen molar-refractivity contribution < 1.29 is 14.1 Å². The summed E-state index contributed by atoms with van der Waals surface area (Å²) in [4.78, 5) is 11.5. The Bertz CT molecular complexity index is 526. The molecule has 1 aromatic heterocycles. The Morgan fingerprint density at radius 2 is 2.32 bits per heavy atom. The highest BCUT2D eigenvalue weighted by Crippen LogP contribution is 2.14. The zero-order chi connectivity index (χ0) is 13.5. The summed E-state index contributed by atoms with van der Waals surface area (Å²) in [6.07, 6.45) is 1.73. The van der Waals surface area contributed by atoms with Gasteiger partial charge in [0, 0.05) is 17.8 Å². The minimum absolute atomic E-state index is 0.105. The predicted octanol–water partition coefficient (Wildman–Crippen LogP) is 1.34. The number of anilines is 1. The van der Waals surface area contributed by atoms with Crippen molar-refractivity contribution in [2.45, 2.75) is 13.0 Å². The Kier molecular flexibility index (Phi) is 4.39. The van der Waals surface area contributed by atoms with E-state index in [1.807, 2.05) is 0 Å². The summed E-state index contributed by atoms with van der Waals surface area (Å²) in [6, 6.07) is 8.78. The lowest BCUT2D eigenvalue weighted by atomic mass is 10.3. The Labute approximate surface area is 110 Å². The second-order valence-corrected chi connectivity index (χ2v) is 3.94. The molecule has 0 bridgehead atoms. The monoisotopic (exact) mass is 261 g/mol. The van der Waals surface area contributed by atoms with Crippen molar-refractivity contribution in [3.8, 4) is 5.75 Å². The Morgan fingerprint density at radius 1 is 1.42 bits per heavy atom. The molecular weight excluding hydrogens is 246 g/mol. The highest BCUT2D eigenvalue weighted by molar-refractivity contribution is 5.75. The lowest BCUT2D eigenvalue weighted by Crippen LogP contribution is -2.24. The standard InChI is InChI=1S/C13H15N3O3/c14-10-2-1-3-12(8-10)18-6-5-13(17)15-9-11-4-7-19-16-11/h1-4,7-8H,5-6,9,14H2,(H,15,17). The van der Waals surface area contributed by atoms with Crippen LogP contribution in [0.5, 0.6) is 5.75 Å². The van der Waals surface area contributed by atoms with Crippen LogP contribution in [0, 0.1) is 0 Å². The highest BCUT2D eigenvalue weighted by Gasteiger charge is 2.03. The molecule has 0 saturated carbocycles. The third-order valence-corrected chi connectivity index (χ3v) is 2.41. The van der Waals surface area contributed by atoms with Gasteiger partial charge in [-0.15, -0.1) is 0 Å². The molecular formula is C13H15N3O3. The van der Waals surface area contributed by atoms with E-state index in [4.69, 9.17) is 10.5 Å². The van der Waals surface area contributed by atoms with Crippen molar-refractivity contribution in [1.82, 2.24) is 10.5 Å². The number of hydrogen-bond acceptors (Lipinski definition) is 5. The number of hydrogen-bond donors (Lipinski definition) is 2. The van der Waals surface area contributed by atoms with Crippen molar-refractivity contribution in [3.05, 3.63) is 42.3 Å². The molecule has 0 aliphatic heterocycles. The topological polar surface area (TPSA) is 90.4 Å². The van der Waals surface area contributed by atoms with Crippen LogP contribution in [0.4, 0.5) is 5.69 Å². The number of nitrogens with zero attached hydrogens (tertiary/aromatic N) is 1. The molecule has 1 amide bonds. The summed E-state index contributed by atoms with van der Waals surface area (Å²) in [5.74, 6) is 0.552. The molecule has 0 spiro atoms. The van der Waals surface area contributed by atoms with Crippen LogP contribution in [0.15, 0.2) is 41.1 Å². The van der Waals surface area contributed by atoms with Crippen molar-refractivity contribution in [2.24, 2.45) is 0 Å². The fourth-order valence-corrected chi connectivity index (χ4v) is 1.47. The van der Waals surface area contributed by atoms with Gasteiger partial charge in [0.15, 0.2) is 0 Å². The van der Waals surface area contributed by atoms with Gasteiger partial charge < -0.3 is 20.3 Å². The first-order valence-corrected chi connectivity index (χ1v) is 5.88. The maximum absolute atomic E-state index is 11.5. The summed E-state index contributed by atoms with van der Waals surface area (Å²) in [7, 11) is 0. The first-order chi connectivity index (χ1) is 9.24. The Hall–Kier alpha value is -2.50. The summed E-state index contributed by atoms with van der Waals surface area (Å²) < 4.78 is 10.1. The van der Waals surface area contributed by atoms with Gasteiger partial charge in [0.2, 0.25) is 5.91 Å². The lowest BCUT2D eigenvalue weighted by Gasteiger charge is -2.06. The number of ether oxygens (including phenoxy) is 1. The number of carbonyl (C=O) groups is 1. The van der Waals surface area contributed by atoms with E-state index in [9.17, 15) is 4.79 Å². The van der Waals surface area contributed by atoms with Crippen LogP contribution in [-0.2, 0) is 11.3 Å². The number of nitrogen functional groups attached to an aromatic ring is 1. The van der Waals surface area contributed by atoms with Crippen molar-refractivity contribution in [3.63, 3.8) is 0 Å². The van der Waals surface area contributed by atoms with E-state index >= 15 is 0 Å². The largest absolute Gasteiger partial charge is 0.493 e. The molecule has 0 radical (unpaired) electrons. The number of amides is 1. The normalized spacial score (nSPS) is 10.1. The molecule has 0 unspecified atom stereocenters. The highest BCUT2D eigenvalue weighted by atomic mass is 16.5. The van der Waals surface area contributed by atoms with Crippen molar-refractivity contribution in [2.75, 3.05) is 12.3 Å². The maximum atomic E-state index is 11.5. The Morgan fingerprint density at radius 3 is 3.05 bits per heavy atom. The SMILES string of the molecule is Nc1cccc(OCCC(=O)NCc2ccon2)c1. The molecule has 6 nitrogen and oxygen atoms in total. The molecule has 2 aromatic rings. The molecule has 3 N–H and O–H groups in total. The molecule has 0 saturated heterocycles. The molecule has 1 aromatic carbocycles. The van der Waals surface area contributed by atoms with Gasteiger partial charge in [-0.1, -0.05) is 11.2 Å². The van der Waals surface area contributed by atoms with Gasteiger partial charge >= 0.3 is 0 Å². The number of nitrogens with one attached hydrogen (secondary N) is 1. The van der Waals surface area contributed by atoms with Gasteiger partial charge in [-0.3, -0.25) is 4.79 Å². The third kappa shape index (κ3) is 4.34.